The number of carbonyl (C=O) groups is 1. The third-order valence-electron chi connectivity index (χ3n) is 9.51. The molecule has 0 fully saturated rings. The molecule has 2 aliphatic heterocycles. The highest BCUT2D eigenvalue weighted by Gasteiger charge is 2.53. The van der Waals surface area contributed by atoms with Gasteiger partial charge < -0.3 is 14.6 Å². The number of rotatable bonds is 0. The summed E-state index contributed by atoms with van der Waals surface area (Å²) in [7, 11) is 0. The van der Waals surface area contributed by atoms with Crippen LogP contribution in [-0.4, -0.2) is 11.1 Å². The van der Waals surface area contributed by atoms with E-state index in [0.717, 1.165) is 48.8 Å². The highest BCUT2D eigenvalue weighted by atomic mass is 16.6. The van der Waals surface area contributed by atoms with E-state index in [1.54, 1.807) is 18.2 Å². The molecule has 1 atom stereocenters. The monoisotopic (exact) mass is 566 g/mol. The lowest BCUT2D eigenvalue weighted by Gasteiger charge is -2.37. The molecular weight excluding hydrogens is 544 g/mol. The van der Waals surface area contributed by atoms with E-state index in [9.17, 15) is 9.90 Å². The van der Waals surface area contributed by atoms with Crippen LogP contribution in [0.3, 0.4) is 0 Å². The van der Waals surface area contributed by atoms with Crippen LogP contribution in [0, 0.1) is 0 Å². The first-order valence-electron chi connectivity index (χ1n) is 14.7. The molecule has 0 radical (unpaired) electrons. The molecule has 10 rings (SSSR count). The zero-order valence-electron chi connectivity index (χ0n) is 23.3. The quantitative estimate of drug-likeness (QED) is 0.147. The molecule has 2 heterocycles. The van der Waals surface area contributed by atoms with Gasteiger partial charge in [-0.25, -0.2) is 4.79 Å². The maximum absolute atomic E-state index is 13.4. The summed E-state index contributed by atoms with van der Waals surface area (Å²) in [6.07, 6.45) is 0. The molecule has 4 nitrogen and oxygen atoms in total. The Morgan fingerprint density at radius 1 is 0.523 bits per heavy atom. The van der Waals surface area contributed by atoms with Gasteiger partial charge >= 0.3 is 5.97 Å². The summed E-state index contributed by atoms with van der Waals surface area (Å²) in [4.78, 5) is 13.4. The molecule has 1 spiro atoms. The molecule has 8 aromatic carbocycles. The van der Waals surface area contributed by atoms with Crippen molar-refractivity contribution in [3.8, 4) is 17.2 Å². The van der Waals surface area contributed by atoms with Crippen LogP contribution in [0.5, 0.6) is 17.2 Å². The minimum Gasteiger partial charge on any atom is -0.508 e. The Hall–Kier alpha value is -5.87. The maximum atomic E-state index is 13.4. The highest BCUT2D eigenvalue weighted by Crippen LogP contribution is 2.59. The second-order valence-corrected chi connectivity index (χ2v) is 11.7. The summed E-state index contributed by atoms with van der Waals surface area (Å²) in [5.41, 5.74) is 1.51. The van der Waals surface area contributed by atoms with Crippen LogP contribution >= 0.6 is 0 Å². The predicted octanol–water partition coefficient (Wildman–Crippen LogP) is 9.73. The van der Waals surface area contributed by atoms with Gasteiger partial charge in [0.15, 0.2) is 5.60 Å². The molecule has 2 aliphatic rings. The van der Waals surface area contributed by atoms with E-state index in [-0.39, 0.29) is 11.7 Å². The van der Waals surface area contributed by atoms with Gasteiger partial charge in [0.05, 0.1) is 5.56 Å². The first-order valence-corrected chi connectivity index (χ1v) is 14.7. The second-order valence-electron chi connectivity index (χ2n) is 11.7. The Morgan fingerprint density at radius 2 is 1.11 bits per heavy atom. The Labute approximate surface area is 251 Å². The molecule has 0 aromatic heterocycles. The smallest absolute Gasteiger partial charge is 0.340 e. The zero-order valence-corrected chi connectivity index (χ0v) is 23.3. The Kier molecular flexibility index (Phi) is 4.38. The fourth-order valence-corrected chi connectivity index (χ4v) is 7.65. The average Bonchev–Trinajstić information content (AvgIpc) is 3.35. The first-order chi connectivity index (χ1) is 21.6. The van der Waals surface area contributed by atoms with Crippen molar-refractivity contribution in [3.05, 3.63) is 150 Å². The Bertz CT molecular complexity index is 2580. The normalized spacial score (nSPS) is 16.8. The van der Waals surface area contributed by atoms with Crippen LogP contribution in [0.2, 0.25) is 0 Å². The summed E-state index contributed by atoms with van der Waals surface area (Å²) in [6.45, 7) is 0. The number of ether oxygens (including phenoxy) is 2. The summed E-state index contributed by atoms with van der Waals surface area (Å²) in [5, 5.41) is 21.7. The van der Waals surface area contributed by atoms with E-state index in [1.165, 1.54) is 16.2 Å². The fraction of sp³-hybridized carbons (Fsp3) is 0.0250. The summed E-state index contributed by atoms with van der Waals surface area (Å²) < 4.78 is 13.2. The van der Waals surface area contributed by atoms with E-state index in [4.69, 9.17) is 9.47 Å². The summed E-state index contributed by atoms with van der Waals surface area (Å²) in [6, 6.07) is 42.6. The number of benzene rings is 8. The third-order valence-corrected chi connectivity index (χ3v) is 9.51. The number of hydrogen-bond acceptors (Lipinski definition) is 4. The van der Waals surface area contributed by atoms with Crippen molar-refractivity contribution in [1.29, 1.82) is 0 Å². The van der Waals surface area contributed by atoms with Gasteiger partial charge in [-0.3, -0.25) is 0 Å². The first kappa shape index (κ1) is 23.7. The molecular formula is C40H22O4. The molecule has 1 N–H and O–H groups in total. The summed E-state index contributed by atoms with van der Waals surface area (Å²) >= 11 is 0. The minimum atomic E-state index is -1.22. The van der Waals surface area contributed by atoms with Crippen molar-refractivity contribution in [2.75, 3.05) is 0 Å². The van der Waals surface area contributed by atoms with Crippen LogP contribution < -0.4 is 4.74 Å². The number of esters is 1. The van der Waals surface area contributed by atoms with Crippen molar-refractivity contribution >= 4 is 59.8 Å². The molecule has 0 aliphatic carbocycles. The van der Waals surface area contributed by atoms with Crippen LogP contribution in [-0.2, 0) is 10.3 Å². The number of carbonyl (C=O) groups excluding carboxylic acids is 1. The van der Waals surface area contributed by atoms with Gasteiger partial charge in [0.25, 0.3) is 0 Å². The van der Waals surface area contributed by atoms with Crippen LogP contribution in [0.25, 0.3) is 53.9 Å². The van der Waals surface area contributed by atoms with Crippen LogP contribution in [0.1, 0.15) is 27.0 Å². The van der Waals surface area contributed by atoms with Crippen molar-refractivity contribution in [3.63, 3.8) is 0 Å². The van der Waals surface area contributed by atoms with Gasteiger partial charge in [-0.05, 0) is 67.4 Å². The third kappa shape index (κ3) is 2.85. The number of phenols is 1. The average molecular weight is 567 g/mol. The van der Waals surface area contributed by atoms with E-state index in [1.807, 2.05) is 30.3 Å². The van der Waals surface area contributed by atoms with Gasteiger partial charge in [-0.2, -0.15) is 0 Å². The van der Waals surface area contributed by atoms with E-state index >= 15 is 0 Å². The maximum Gasteiger partial charge on any atom is 0.340 e. The van der Waals surface area contributed by atoms with Gasteiger partial charge in [0, 0.05) is 33.5 Å². The minimum absolute atomic E-state index is 0.0768. The fourth-order valence-electron chi connectivity index (χ4n) is 7.65. The van der Waals surface area contributed by atoms with Crippen molar-refractivity contribution in [2.24, 2.45) is 0 Å². The second kappa shape index (κ2) is 8.15. The molecule has 206 valence electrons. The number of fused-ring (bicyclic) bond motifs is 16. The van der Waals surface area contributed by atoms with Crippen LogP contribution in [0.15, 0.2) is 127 Å². The largest absolute Gasteiger partial charge is 0.508 e. The molecule has 0 amide bonds. The molecule has 0 bridgehead atoms. The van der Waals surface area contributed by atoms with Gasteiger partial charge in [-0.15, -0.1) is 0 Å². The zero-order chi connectivity index (χ0) is 29.2. The standard InChI is InChI=1S/C40H22O4/c41-27-18-20-31-33(21-27)43-38-32(40(31)30-8-4-3-7-29(30)39(42)44-40)19-17-26-16-15-25-14-13-24-12-11-23-10-9-22-5-1-2-6-28(22)34(23)35(24)36(25)37(26)38/h1-21,41H/t40-/m1/s1. The van der Waals surface area contributed by atoms with Gasteiger partial charge in [0.1, 0.15) is 17.2 Å². The highest BCUT2D eigenvalue weighted by molar-refractivity contribution is 6.33. The predicted molar refractivity (Wildman–Crippen MR) is 174 cm³/mol. The summed E-state index contributed by atoms with van der Waals surface area (Å²) in [5.74, 6) is 0.781. The van der Waals surface area contributed by atoms with Gasteiger partial charge in [-0.1, -0.05) is 97.1 Å². The molecule has 0 saturated carbocycles. The lowest BCUT2D eigenvalue weighted by atomic mass is 9.76. The molecule has 0 saturated heterocycles. The van der Waals surface area contributed by atoms with Crippen molar-refractivity contribution in [1.82, 2.24) is 0 Å². The Morgan fingerprint density at radius 3 is 1.91 bits per heavy atom. The molecule has 0 unspecified atom stereocenters. The SMILES string of the molecule is O=C1O[C@@]2(c3ccc(O)cc3Oc3c2ccc2ccc4ccc5ccc6ccc7ccccc7c6c5c4c32)c2ccccc21. The van der Waals surface area contributed by atoms with E-state index in [2.05, 4.69) is 78.9 Å². The molecule has 8 aromatic rings. The van der Waals surface area contributed by atoms with Crippen molar-refractivity contribution in [2.45, 2.75) is 5.60 Å². The molecule has 4 heteroatoms. The topological polar surface area (TPSA) is 55.8 Å². The number of hydrogen-bond donors (Lipinski definition) is 1. The number of aromatic hydroxyl groups is 1. The number of phenolic OH excluding ortho intramolecular Hbond substituents is 1. The lowest BCUT2D eigenvalue weighted by molar-refractivity contribution is 0.0225. The lowest BCUT2D eigenvalue weighted by Crippen LogP contribution is -2.33. The van der Waals surface area contributed by atoms with Crippen LogP contribution in [0.4, 0.5) is 0 Å². The Balaban J connectivity index is 1.44. The van der Waals surface area contributed by atoms with Gasteiger partial charge in [0.2, 0.25) is 0 Å². The van der Waals surface area contributed by atoms with E-state index in [0.29, 0.717) is 22.6 Å². The van der Waals surface area contributed by atoms with Crippen molar-refractivity contribution < 1.29 is 19.4 Å². The molecule has 44 heavy (non-hydrogen) atoms. The van der Waals surface area contributed by atoms with E-state index < -0.39 is 5.60 Å².